The van der Waals surface area contributed by atoms with Gasteiger partial charge in [-0.05, 0) is 43.4 Å². The Morgan fingerprint density at radius 3 is 2.42 bits per heavy atom. The first-order valence-electron chi connectivity index (χ1n) is 8.77. The Hall–Kier alpha value is -2.08. The van der Waals surface area contributed by atoms with Crippen LogP contribution in [0.1, 0.15) is 49.0 Å². The monoisotopic (exact) mass is 328 g/mol. The van der Waals surface area contributed by atoms with Crippen LogP contribution in [0.15, 0.2) is 29.1 Å². The van der Waals surface area contributed by atoms with Crippen LogP contribution in [0, 0.1) is 0 Å². The molecular formula is C18H24N4O2. The van der Waals surface area contributed by atoms with Gasteiger partial charge in [-0.25, -0.2) is 9.48 Å². The van der Waals surface area contributed by atoms with E-state index < -0.39 is 0 Å². The van der Waals surface area contributed by atoms with Gasteiger partial charge >= 0.3 is 5.69 Å². The maximum atomic E-state index is 12.5. The molecule has 2 aromatic rings. The van der Waals surface area contributed by atoms with E-state index in [2.05, 4.69) is 10.00 Å². The van der Waals surface area contributed by atoms with Crippen molar-refractivity contribution in [3.8, 4) is 5.75 Å². The number of hydrogen-bond acceptors (Lipinski definition) is 4. The summed E-state index contributed by atoms with van der Waals surface area (Å²) in [6.07, 6.45) is 4.30. The second-order valence-electron chi connectivity index (χ2n) is 7.08. The van der Waals surface area contributed by atoms with E-state index in [1.54, 1.807) is 19.2 Å². The summed E-state index contributed by atoms with van der Waals surface area (Å²) in [4.78, 5) is 14.9. The van der Waals surface area contributed by atoms with Crippen LogP contribution in [0.2, 0.25) is 0 Å². The highest BCUT2D eigenvalue weighted by molar-refractivity contribution is 5.25. The molecule has 6 nitrogen and oxygen atoms in total. The lowest BCUT2D eigenvalue weighted by Crippen LogP contribution is -2.37. The molecule has 6 heteroatoms. The lowest BCUT2D eigenvalue weighted by atomic mass is 10.0. The zero-order valence-electron chi connectivity index (χ0n) is 14.1. The van der Waals surface area contributed by atoms with Crippen molar-refractivity contribution >= 4 is 0 Å². The molecule has 1 aliphatic heterocycles. The summed E-state index contributed by atoms with van der Waals surface area (Å²) in [5.41, 5.74) is 1.25. The number of likely N-dealkylation sites (tertiary alicyclic amines) is 1. The highest BCUT2D eigenvalue weighted by atomic mass is 16.3. The van der Waals surface area contributed by atoms with Crippen molar-refractivity contribution in [2.45, 2.75) is 44.2 Å². The van der Waals surface area contributed by atoms with Crippen molar-refractivity contribution in [2.24, 2.45) is 7.05 Å². The average Bonchev–Trinajstić information content (AvgIpc) is 3.38. The van der Waals surface area contributed by atoms with E-state index in [0.717, 1.165) is 51.1 Å². The van der Waals surface area contributed by atoms with E-state index in [0.29, 0.717) is 11.7 Å². The Labute approximate surface area is 141 Å². The quantitative estimate of drug-likeness (QED) is 0.932. The van der Waals surface area contributed by atoms with Gasteiger partial charge in [-0.3, -0.25) is 9.47 Å². The summed E-state index contributed by atoms with van der Waals surface area (Å²) in [5, 5.41) is 13.8. The highest BCUT2D eigenvalue weighted by Crippen LogP contribution is 2.40. The van der Waals surface area contributed by atoms with Gasteiger partial charge < -0.3 is 5.11 Å². The molecule has 24 heavy (non-hydrogen) atoms. The van der Waals surface area contributed by atoms with Gasteiger partial charge in [0.25, 0.3) is 0 Å². The van der Waals surface area contributed by atoms with Crippen LogP contribution in [-0.4, -0.2) is 37.4 Å². The molecule has 0 amide bonds. The second-order valence-corrected chi connectivity index (χ2v) is 7.08. The molecule has 0 spiro atoms. The lowest BCUT2D eigenvalue weighted by molar-refractivity contribution is 0.176. The third kappa shape index (κ3) is 2.98. The highest BCUT2D eigenvalue weighted by Gasteiger charge is 2.33. The molecule has 0 unspecified atom stereocenters. The first-order chi connectivity index (χ1) is 11.6. The molecule has 4 rings (SSSR count). The number of aryl methyl sites for hydroxylation is 1. The van der Waals surface area contributed by atoms with Crippen LogP contribution in [0.5, 0.6) is 5.75 Å². The van der Waals surface area contributed by atoms with E-state index in [1.807, 2.05) is 16.7 Å². The Morgan fingerprint density at radius 1 is 1.12 bits per heavy atom. The van der Waals surface area contributed by atoms with Gasteiger partial charge in [0.15, 0.2) is 0 Å². The van der Waals surface area contributed by atoms with Crippen LogP contribution in [-0.2, 0) is 13.6 Å². The number of phenolic OH excluding ortho intramolecular Hbond substituents is 1. The maximum Gasteiger partial charge on any atom is 0.345 e. The lowest BCUT2D eigenvalue weighted by Gasteiger charge is -2.32. The van der Waals surface area contributed by atoms with Crippen molar-refractivity contribution in [2.75, 3.05) is 13.1 Å². The second kappa shape index (κ2) is 6.09. The van der Waals surface area contributed by atoms with Gasteiger partial charge in [-0.15, -0.1) is 0 Å². The predicted octanol–water partition coefficient (Wildman–Crippen LogP) is 2.00. The summed E-state index contributed by atoms with van der Waals surface area (Å²) in [6.45, 7) is 2.86. The van der Waals surface area contributed by atoms with Crippen molar-refractivity contribution in [3.63, 3.8) is 0 Å². The molecule has 1 saturated carbocycles. The van der Waals surface area contributed by atoms with Crippen LogP contribution < -0.4 is 5.69 Å². The van der Waals surface area contributed by atoms with Crippen LogP contribution in [0.25, 0.3) is 0 Å². The first-order valence-corrected chi connectivity index (χ1v) is 8.77. The first kappa shape index (κ1) is 15.4. The number of aromatic nitrogens is 3. The minimum atomic E-state index is 0.0360. The summed E-state index contributed by atoms with van der Waals surface area (Å²) in [6, 6.07) is 7.69. The Balaban J connectivity index is 1.43. The normalized spacial score (nSPS) is 19.7. The SMILES string of the molecule is Cn1nc(C2CC2)n(C2CCN(Cc3ccc(O)cc3)CC2)c1=O. The molecule has 2 fully saturated rings. The van der Waals surface area contributed by atoms with Crippen molar-refractivity contribution in [1.29, 1.82) is 0 Å². The summed E-state index contributed by atoms with van der Waals surface area (Å²) >= 11 is 0. The molecule has 2 heterocycles. The summed E-state index contributed by atoms with van der Waals surface area (Å²) < 4.78 is 3.46. The van der Waals surface area contributed by atoms with Gasteiger partial charge in [0.2, 0.25) is 0 Å². The molecular weight excluding hydrogens is 304 g/mol. The third-order valence-electron chi connectivity index (χ3n) is 5.19. The van der Waals surface area contributed by atoms with E-state index in [4.69, 9.17) is 0 Å². The van der Waals surface area contributed by atoms with Gasteiger partial charge in [0, 0.05) is 38.6 Å². The Kier molecular flexibility index (Phi) is 3.92. The van der Waals surface area contributed by atoms with Crippen molar-refractivity contribution in [1.82, 2.24) is 19.2 Å². The smallest absolute Gasteiger partial charge is 0.345 e. The number of piperidine rings is 1. The number of aromatic hydroxyl groups is 1. The molecule has 128 valence electrons. The molecule has 1 aliphatic carbocycles. The minimum Gasteiger partial charge on any atom is -0.508 e. The largest absolute Gasteiger partial charge is 0.508 e. The van der Waals surface area contributed by atoms with Crippen LogP contribution >= 0.6 is 0 Å². The number of nitrogens with zero attached hydrogens (tertiary/aromatic N) is 4. The van der Waals surface area contributed by atoms with Gasteiger partial charge in [0.1, 0.15) is 11.6 Å². The summed E-state index contributed by atoms with van der Waals surface area (Å²) in [5.74, 6) is 1.80. The van der Waals surface area contributed by atoms with E-state index in [1.165, 1.54) is 10.2 Å². The summed E-state index contributed by atoms with van der Waals surface area (Å²) in [7, 11) is 1.75. The predicted molar refractivity (Wildman–Crippen MR) is 91.1 cm³/mol. The van der Waals surface area contributed by atoms with Crippen LogP contribution in [0.4, 0.5) is 0 Å². The number of rotatable bonds is 4. The molecule has 2 aliphatic rings. The third-order valence-corrected chi connectivity index (χ3v) is 5.19. The van der Waals surface area contributed by atoms with E-state index >= 15 is 0 Å². The molecule has 0 atom stereocenters. The molecule has 0 radical (unpaired) electrons. The molecule has 1 N–H and O–H groups in total. The standard InChI is InChI=1S/C18H24N4O2/c1-20-18(24)22(17(19-20)14-4-5-14)15-8-10-21(11-9-15)12-13-2-6-16(23)7-3-13/h2-3,6-7,14-15,23H,4-5,8-12H2,1H3. The van der Waals surface area contributed by atoms with Gasteiger partial charge in [-0.1, -0.05) is 12.1 Å². The fourth-order valence-corrected chi connectivity index (χ4v) is 3.66. The zero-order chi connectivity index (χ0) is 16.7. The molecule has 0 bridgehead atoms. The molecule has 1 aromatic heterocycles. The number of phenols is 1. The number of hydrogen-bond donors (Lipinski definition) is 1. The number of benzene rings is 1. The maximum absolute atomic E-state index is 12.5. The zero-order valence-corrected chi connectivity index (χ0v) is 14.1. The van der Waals surface area contributed by atoms with Gasteiger partial charge in [0.05, 0.1) is 0 Å². The fourth-order valence-electron chi connectivity index (χ4n) is 3.66. The topological polar surface area (TPSA) is 63.3 Å². The average molecular weight is 328 g/mol. The fraction of sp³-hybridized carbons (Fsp3) is 0.556. The van der Waals surface area contributed by atoms with Gasteiger partial charge in [-0.2, -0.15) is 5.10 Å². The molecule has 1 saturated heterocycles. The van der Waals surface area contributed by atoms with Crippen molar-refractivity contribution in [3.05, 3.63) is 46.1 Å². The van der Waals surface area contributed by atoms with Crippen LogP contribution in [0.3, 0.4) is 0 Å². The Morgan fingerprint density at radius 2 is 1.79 bits per heavy atom. The minimum absolute atomic E-state index is 0.0360. The van der Waals surface area contributed by atoms with Crippen molar-refractivity contribution < 1.29 is 5.11 Å². The molecule has 1 aromatic carbocycles. The van der Waals surface area contributed by atoms with E-state index in [-0.39, 0.29) is 11.7 Å². The Bertz CT molecular complexity index is 765. The van der Waals surface area contributed by atoms with E-state index in [9.17, 15) is 9.90 Å².